The highest BCUT2D eigenvalue weighted by atomic mass is 35.7. The van der Waals surface area contributed by atoms with Crippen molar-refractivity contribution in [3.63, 3.8) is 0 Å². The van der Waals surface area contributed by atoms with E-state index in [2.05, 4.69) is 10.1 Å². The van der Waals surface area contributed by atoms with E-state index in [-0.39, 0.29) is 22.6 Å². The number of aryl methyl sites for hydroxylation is 1. The van der Waals surface area contributed by atoms with Crippen LogP contribution < -0.4 is 10.1 Å². The fourth-order valence-corrected chi connectivity index (χ4v) is 3.40. The maximum absolute atomic E-state index is 14.0. The minimum Gasteiger partial charge on any atom is -0.406 e. The third-order valence-electron chi connectivity index (χ3n) is 3.32. The fraction of sp³-hybridized carbons (Fsp3) is 0.188. The van der Waals surface area contributed by atoms with Gasteiger partial charge in [0, 0.05) is 10.7 Å². The number of amides is 1. The third kappa shape index (κ3) is 6.10. The summed E-state index contributed by atoms with van der Waals surface area (Å²) >= 11 is 0. The molecular formula is C16H12ClF4NO4S. The van der Waals surface area contributed by atoms with Crippen LogP contribution in [0.3, 0.4) is 0 Å². The molecule has 2 aromatic rings. The van der Waals surface area contributed by atoms with E-state index in [9.17, 15) is 30.8 Å². The topological polar surface area (TPSA) is 72.5 Å². The van der Waals surface area contributed by atoms with Crippen LogP contribution >= 0.6 is 10.7 Å². The minimum atomic E-state index is -4.83. The van der Waals surface area contributed by atoms with Gasteiger partial charge in [-0.3, -0.25) is 4.79 Å². The Kier molecular flexibility index (Phi) is 6.01. The summed E-state index contributed by atoms with van der Waals surface area (Å²) in [5.74, 6) is -2.02. The number of hydrogen-bond acceptors (Lipinski definition) is 4. The van der Waals surface area contributed by atoms with Crippen LogP contribution in [0.25, 0.3) is 0 Å². The molecule has 0 aliphatic carbocycles. The summed E-state index contributed by atoms with van der Waals surface area (Å²) in [7, 11) is 1.12. The molecule has 1 N–H and O–H groups in total. The first-order valence-corrected chi connectivity index (χ1v) is 9.55. The van der Waals surface area contributed by atoms with E-state index < -0.39 is 32.9 Å². The molecule has 2 aromatic carbocycles. The molecule has 0 heterocycles. The number of ether oxygens (including phenoxy) is 1. The monoisotopic (exact) mass is 425 g/mol. The lowest BCUT2D eigenvalue weighted by atomic mass is 10.1. The molecule has 0 aliphatic rings. The number of rotatable bonds is 5. The average molecular weight is 426 g/mol. The molecule has 0 bridgehead atoms. The molecule has 5 nitrogen and oxygen atoms in total. The van der Waals surface area contributed by atoms with E-state index in [1.54, 1.807) is 0 Å². The van der Waals surface area contributed by atoms with Crippen molar-refractivity contribution in [3.8, 4) is 5.75 Å². The van der Waals surface area contributed by atoms with E-state index in [0.717, 1.165) is 24.3 Å². The number of halogens is 5. The highest BCUT2D eigenvalue weighted by Gasteiger charge is 2.31. The molecule has 0 fully saturated rings. The number of carbonyl (C=O) groups is 1. The maximum atomic E-state index is 14.0. The summed E-state index contributed by atoms with van der Waals surface area (Å²) in [5, 5.41) is 2.20. The van der Waals surface area contributed by atoms with Gasteiger partial charge in [0.05, 0.1) is 17.0 Å². The van der Waals surface area contributed by atoms with Crippen LogP contribution in [0.2, 0.25) is 0 Å². The van der Waals surface area contributed by atoms with Gasteiger partial charge in [-0.15, -0.1) is 13.2 Å². The second-order valence-corrected chi connectivity index (χ2v) is 7.99. The van der Waals surface area contributed by atoms with Gasteiger partial charge in [0.15, 0.2) is 0 Å². The molecule has 146 valence electrons. The Hall–Kier alpha value is -2.33. The highest BCUT2D eigenvalue weighted by molar-refractivity contribution is 8.13. The predicted molar refractivity (Wildman–Crippen MR) is 89.6 cm³/mol. The van der Waals surface area contributed by atoms with Crippen molar-refractivity contribution < 1.29 is 35.5 Å². The van der Waals surface area contributed by atoms with Crippen molar-refractivity contribution in [2.75, 3.05) is 5.32 Å². The van der Waals surface area contributed by atoms with E-state index in [1.165, 1.54) is 19.1 Å². The lowest BCUT2D eigenvalue weighted by molar-refractivity contribution is -0.274. The number of carbonyl (C=O) groups excluding carboxylic acids is 1. The first-order valence-electron chi connectivity index (χ1n) is 7.24. The molecule has 1 amide bonds. The molecule has 0 aliphatic heterocycles. The van der Waals surface area contributed by atoms with Gasteiger partial charge in [0.1, 0.15) is 11.6 Å². The van der Waals surface area contributed by atoms with E-state index >= 15 is 0 Å². The molecule has 0 saturated heterocycles. The van der Waals surface area contributed by atoms with Gasteiger partial charge >= 0.3 is 6.36 Å². The Bertz CT molecular complexity index is 960. The smallest absolute Gasteiger partial charge is 0.406 e. The molecule has 2 rings (SSSR count). The summed E-state index contributed by atoms with van der Waals surface area (Å²) in [6.07, 6.45) is -5.12. The standard InChI is InChI=1S/C16H12ClF4NO4S/c1-9-6-12(18)13(8-14(9)27(17,24)25)22-15(23)7-10-2-4-11(5-3-10)26-16(19,20)21/h2-6,8H,7H2,1H3,(H,22,23). The van der Waals surface area contributed by atoms with E-state index in [0.29, 0.717) is 5.56 Å². The molecular weight excluding hydrogens is 414 g/mol. The predicted octanol–water partition coefficient (Wildman–Crippen LogP) is 4.14. The second-order valence-electron chi connectivity index (χ2n) is 5.45. The van der Waals surface area contributed by atoms with Crippen LogP contribution in [0, 0.1) is 12.7 Å². The zero-order valence-corrected chi connectivity index (χ0v) is 15.2. The molecule has 27 heavy (non-hydrogen) atoms. The Morgan fingerprint density at radius 3 is 2.30 bits per heavy atom. The fourth-order valence-electron chi connectivity index (χ4n) is 2.20. The summed E-state index contributed by atoms with van der Waals surface area (Å²) in [6, 6.07) is 6.34. The number of benzene rings is 2. The van der Waals surface area contributed by atoms with Crippen molar-refractivity contribution in [2.45, 2.75) is 24.6 Å². The second kappa shape index (κ2) is 7.73. The Morgan fingerprint density at radius 1 is 1.19 bits per heavy atom. The molecule has 11 heteroatoms. The average Bonchev–Trinajstić information content (AvgIpc) is 2.49. The van der Waals surface area contributed by atoms with Crippen LogP contribution in [-0.4, -0.2) is 20.7 Å². The largest absolute Gasteiger partial charge is 0.573 e. The van der Waals surface area contributed by atoms with E-state index in [4.69, 9.17) is 10.7 Å². The van der Waals surface area contributed by atoms with Gasteiger partial charge in [-0.05, 0) is 42.3 Å². The quantitative estimate of drug-likeness (QED) is 0.577. The number of hydrogen-bond donors (Lipinski definition) is 1. The van der Waals surface area contributed by atoms with Crippen molar-refractivity contribution >= 4 is 31.3 Å². The molecule has 0 spiro atoms. The minimum absolute atomic E-state index is 0.0701. The summed E-state index contributed by atoms with van der Waals surface area (Å²) < 4.78 is 76.9. The molecule has 0 aromatic heterocycles. The lowest BCUT2D eigenvalue weighted by Gasteiger charge is -2.11. The van der Waals surface area contributed by atoms with Crippen molar-refractivity contribution in [2.24, 2.45) is 0 Å². The molecule has 0 atom stereocenters. The van der Waals surface area contributed by atoms with Gasteiger partial charge in [-0.2, -0.15) is 0 Å². The number of nitrogens with one attached hydrogen (secondary N) is 1. The zero-order valence-electron chi connectivity index (χ0n) is 13.6. The molecule has 0 unspecified atom stereocenters. The Labute approximate surface area is 156 Å². The van der Waals surface area contributed by atoms with Crippen molar-refractivity contribution in [1.82, 2.24) is 0 Å². The Morgan fingerprint density at radius 2 is 1.78 bits per heavy atom. The SMILES string of the molecule is Cc1cc(F)c(NC(=O)Cc2ccc(OC(F)(F)F)cc2)cc1S(=O)(=O)Cl. The van der Waals surface area contributed by atoms with E-state index in [1.807, 2.05) is 0 Å². The van der Waals surface area contributed by atoms with Gasteiger partial charge in [-0.1, -0.05) is 12.1 Å². The third-order valence-corrected chi connectivity index (χ3v) is 4.79. The van der Waals surface area contributed by atoms with Gasteiger partial charge in [0.25, 0.3) is 9.05 Å². The summed E-state index contributed by atoms with van der Waals surface area (Å²) in [5.41, 5.74) is 0.0161. The van der Waals surface area contributed by atoms with Crippen molar-refractivity contribution in [3.05, 3.63) is 53.3 Å². The zero-order chi connectivity index (χ0) is 20.4. The maximum Gasteiger partial charge on any atom is 0.573 e. The molecule has 0 saturated carbocycles. The van der Waals surface area contributed by atoms with Crippen molar-refractivity contribution in [1.29, 1.82) is 0 Å². The first-order chi connectivity index (χ1) is 12.3. The summed E-state index contributed by atoms with van der Waals surface area (Å²) in [4.78, 5) is 11.7. The van der Waals surface area contributed by atoms with Gasteiger partial charge < -0.3 is 10.1 Å². The van der Waals surface area contributed by atoms with Gasteiger partial charge in [0.2, 0.25) is 5.91 Å². The first kappa shape index (κ1) is 21.0. The highest BCUT2D eigenvalue weighted by Crippen LogP contribution is 2.27. The van der Waals surface area contributed by atoms with Crippen LogP contribution in [0.15, 0.2) is 41.3 Å². The normalized spacial score (nSPS) is 11.9. The number of alkyl halides is 3. The lowest BCUT2D eigenvalue weighted by Crippen LogP contribution is -2.17. The van der Waals surface area contributed by atoms with Gasteiger partial charge in [-0.25, -0.2) is 12.8 Å². The van der Waals surface area contributed by atoms with Crippen LogP contribution in [0.5, 0.6) is 5.75 Å². The summed E-state index contributed by atoms with van der Waals surface area (Å²) in [6.45, 7) is 1.34. The van der Waals surface area contributed by atoms with Crippen LogP contribution in [0.4, 0.5) is 23.2 Å². The van der Waals surface area contributed by atoms with Crippen LogP contribution in [0.1, 0.15) is 11.1 Å². The van der Waals surface area contributed by atoms with Crippen LogP contribution in [-0.2, 0) is 20.3 Å². The molecule has 0 radical (unpaired) electrons. The Balaban J connectivity index is 2.12. The number of anilines is 1.